The highest BCUT2D eigenvalue weighted by molar-refractivity contribution is 5.03. The fourth-order valence-corrected chi connectivity index (χ4v) is 3.23. The van der Waals surface area contributed by atoms with Crippen molar-refractivity contribution in [2.75, 3.05) is 26.2 Å². The first kappa shape index (κ1) is 14.0. The third-order valence-corrected chi connectivity index (χ3v) is 4.59. The van der Waals surface area contributed by atoms with E-state index in [2.05, 4.69) is 41.1 Å². The number of aromatic nitrogens is 2. The first-order valence-corrected chi connectivity index (χ1v) is 7.56. The molecule has 0 amide bonds. The van der Waals surface area contributed by atoms with E-state index in [9.17, 15) is 0 Å². The summed E-state index contributed by atoms with van der Waals surface area (Å²) >= 11 is 0. The zero-order chi connectivity index (χ0) is 14.1. The van der Waals surface area contributed by atoms with Crippen LogP contribution in [0.3, 0.4) is 0 Å². The van der Waals surface area contributed by atoms with Crippen LogP contribution in [0.1, 0.15) is 38.4 Å². The van der Waals surface area contributed by atoms with Crippen molar-refractivity contribution in [3.8, 4) is 0 Å². The highest BCUT2D eigenvalue weighted by Gasteiger charge is 2.41. The van der Waals surface area contributed by atoms with Gasteiger partial charge < -0.3 is 14.6 Å². The van der Waals surface area contributed by atoms with Gasteiger partial charge in [-0.3, -0.25) is 4.90 Å². The van der Waals surface area contributed by atoms with E-state index in [4.69, 9.17) is 9.26 Å². The van der Waals surface area contributed by atoms with E-state index in [1.807, 2.05) is 0 Å². The van der Waals surface area contributed by atoms with Gasteiger partial charge >= 0.3 is 0 Å². The average Bonchev–Trinajstić information content (AvgIpc) is 2.97. The number of nitrogens with zero attached hydrogens (tertiary/aromatic N) is 3. The van der Waals surface area contributed by atoms with Crippen molar-refractivity contribution < 1.29 is 9.26 Å². The predicted molar refractivity (Wildman–Crippen MR) is 74.4 cm³/mol. The third-order valence-electron chi connectivity index (χ3n) is 4.59. The van der Waals surface area contributed by atoms with Crippen LogP contribution in [0.2, 0.25) is 0 Å². The van der Waals surface area contributed by atoms with Crippen LogP contribution in [0.5, 0.6) is 0 Å². The van der Waals surface area contributed by atoms with Gasteiger partial charge in [-0.15, -0.1) is 0 Å². The summed E-state index contributed by atoms with van der Waals surface area (Å²) in [5.41, 5.74) is 0. The lowest BCUT2D eigenvalue weighted by molar-refractivity contribution is 0.0542. The molecule has 4 unspecified atom stereocenters. The van der Waals surface area contributed by atoms with Gasteiger partial charge in [-0.25, -0.2) is 0 Å². The topological polar surface area (TPSA) is 63.4 Å². The van der Waals surface area contributed by atoms with E-state index in [-0.39, 0.29) is 18.1 Å². The van der Waals surface area contributed by atoms with Crippen molar-refractivity contribution in [2.24, 2.45) is 5.92 Å². The van der Waals surface area contributed by atoms with Crippen molar-refractivity contribution in [3.05, 3.63) is 11.7 Å². The van der Waals surface area contributed by atoms with Crippen LogP contribution in [0.4, 0.5) is 0 Å². The van der Waals surface area contributed by atoms with Gasteiger partial charge in [0.2, 0.25) is 5.89 Å². The molecule has 0 bridgehead atoms. The summed E-state index contributed by atoms with van der Waals surface area (Å²) in [5, 5.41) is 7.49. The second-order valence-corrected chi connectivity index (χ2v) is 6.01. The summed E-state index contributed by atoms with van der Waals surface area (Å²) < 4.78 is 11.3. The molecule has 3 rings (SSSR count). The molecule has 6 heteroatoms. The SMILES string of the molecule is CC1OC(C)C(c2nc(CN3CCNCC3)no2)C1C. The Balaban J connectivity index is 1.67. The Labute approximate surface area is 119 Å². The highest BCUT2D eigenvalue weighted by Crippen LogP contribution is 2.38. The molecule has 1 aromatic heterocycles. The van der Waals surface area contributed by atoms with Gasteiger partial charge in [0.05, 0.1) is 24.7 Å². The van der Waals surface area contributed by atoms with Crippen molar-refractivity contribution in [1.82, 2.24) is 20.4 Å². The largest absolute Gasteiger partial charge is 0.374 e. The Morgan fingerprint density at radius 2 is 1.95 bits per heavy atom. The summed E-state index contributed by atoms with van der Waals surface area (Å²) in [6.07, 6.45) is 0.394. The molecule has 0 radical (unpaired) electrons. The molecule has 4 atom stereocenters. The van der Waals surface area contributed by atoms with Gasteiger partial charge in [0, 0.05) is 26.2 Å². The molecule has 0 saturated carbocycles. The minimum absolute atomic E-state index is 0.146. The Morgan fingerprint density at radius 1 is 1.20 bits per heavy atom. The molecular weight excluding hydrogens is 256 g/mol. The van der Waals surface area contributed by atoms with Crippen LogP contribution in [0, 0.1) is 5.92 Å². The van der Waals surface area contributed by atoms with Crippen LogP contribution in [0.15, 0.2) is 4.52 Å². The zero-order valence-electron chi connectivity index (χ0n) is 12.5. The van der Waals surface area contributed by atoms with Crippen LogP contribution < -0.4 is 5.32 Å². The zero-order valence-corrected chi connectivity index (χ0v) is 12.5. The number of ether oxygens (including phenoxy) is 1. The second-order valence-electron chi connectivity index (χ2n) is 6.01. The average molecular weight is 280 g/mol. The van der Waals surface area contributed by atoms with Crippen LogP contribution in [0.25, 0.3) is 0 Å². The van der Waals surface area contributed by atoms with E-state index in [0.29, 0.717) is 5.92 Å². The molecule has 0 spiro atoms. The lowest BCUT2D eigenvalue weighted by atomic mass is 9.89. The van der Waals surface area contributed by atoms with Gasteiger partial charge in [-0.05, 0) is 19.8 Å². The molecule has 1 aromatic rings. The summed E-state index contributed by atoms with van der Waals surface area (Å²) in [7, 11) is 0. The maximum atomic E-state index is 5.85. The van der Waals surface area contributed by atoms with E-state index in [1.165, 1.54) is 0 Å². The standard InChI is InChI=1S/C14H24N4O2/c1-9-10(2)19-11(3)13(9)14-16-12(17-20-14)8-18-6-4-15-5-7-18/h9-11,13,15H,4-8H2,1-3H3. The molecule has 2 aliphatic rings. The maximum Gasteiger partial charge on any atom is 0.232 e. The molecule has 1 N–H and O–H groups in total. The summed E-state index contributed by atoms with van der Waals surface area (Å²) in [4.78, 5) is 6.95. The van der Waals surface area contributed by atoms with E-state index >= 15 is 0 Å². The van der Waals surface area contributed by atoms with Crippen LogP contribution >= 0.6 is 0 Å². The molecular formula is C14H24N4O2. The Kier molecular flexibility index (Phi) is 4.05. The monoisotopic (exact) mass is 280 g/mol. The van der Waals surface area contributed by atoms with Crippen LogP contribution in [-0.4, -0.2) is 53.4 Å². The minimum Gasteiger partial charge on any atom is -0.374 e. The molecule has 20 heavy (non-hydrogen) atoms. The fraction of sp³-hybridized carbons (Fsp3) is 0.857. The lowest BCUT2D eigenvalue weighted by Gasteiger charge is -2.25. The Morgan fingerprint density at radius 3 is 2.60 bits per heavy atom. The van der Waals surface area contributed by atoms with Gasteiger partial charge in [-0.2, -0.15) is 4.98 Å². The quantitative estimate of drug-likeness (QED) is 0.891. The summed E-state index contributed by atoms with van der Waals surface area (Å²) in [5.74, 6) is 2.16. The van der Waals surface area contributed by atoms with Gasteiger partial charge in [-0.1, -0.05) is 12.1 Å². The Hall–Kier alpha value is -0.980. The number of rotatable bonds is 3. The molecule has 2 aliphatic heterocycles. The van der Waals surface area contributed by atoms with Crippen molar-refractivity contribution in [3.63, 3.8) is 0 Å². The minimum atomic E-state index is 0.146. The van der Waals surface area contributed by atoms with Crippen molar-refractivity contribution in [1.29, 1.82) is 0 Å². The molecule has 112 valence electrons. The van der Waals surface area contributed by atoms with Crippen molar-refractivity contribution >= 4 is 0 Å². The fourth-order valence-electron chi connectivity index (χ4n) is 3.23. The van der Waals surface area contributed by atoms with Crippen LogP contribution in [-0.2, 0) is 11.3 Å². The van der Waals surface area contributed by atoms with Crippen molar-refractivity contribution in [2.45, 2.75) is 45.4 Å². The molecule has 0 aromatic carbocycles. The first-order chi connectivity index (χ1) is 9.65. The molecule has 3 heterocycles. The maximum absolute atomic E-state index is 5.85. The highest BCUT2D eigenvalue weighted by atomic mass is 16.5. The van der Waals surface area contributed by atoms with E-state index in [0.717, 1.165) is 44.4 Å². The molecule has 2 fully saturated rings. The first-order valence-electron chi connectivity index (χ1n) is 7.56. The normalized spacial score (nSPS) is 35.5. The summed E-state index contributed by atoms with van der Waals surface area (Å²) in [6.45, 7) is 11.3. The predicted octanol–water partition coefficient (Wildman–Crippen LogP) is 1.00. The molecule has 6 nitrogen and oxygen atoms in total. The second kappa shape index (κ2) is 5.79. The Bertz CT molecular complexity index is 444. The van der Waals surface area contributed by atoms with Gasteiger partial charge in [0.25, 0.3) is 0 Å². The van der Waals surface area contributed by atoms with Gasteiger partial charge in [0.1, 0.15) is 0 Å². The lowest BCUT2D eigenvalue weighted by Crippen LogP contribution is -2.43. The number of hydrogen-bond donors (Lipinski definition) is 1. The molecule has 0 aliphatic carbocycles. The number of piperazine rings is 1. The molecule has 2 saturated heterocycles. The third kappa shape index (κ3) is 2.73. The van der Waals surface area contributed by atoms with E-state index < -0.39 is 0 Å². The van der Waals surface area contributed by atoms with E-state index in [1.54, 1.807) is 0 Å². The smallest absolute Gasteiger partial charge is 0.232 e. The number of hydrogen-bond acceptors (Lipinski definition) is 6. The van der Waals surface area contributed by atoms with Gasteiger partial charge in [0.15, 0.2) is 5.82 Å². The summed E-state index contributed by atoms with van der Waals surface area (Å²) in [6, 6.07) is 0. The number of nitrogens with one attached hydrogen (secondary N) is 1.